The summed E-state index contributed by atoms with van der Waals surface area (Å²) < 4.78 is 12.9. The monoisotopic (exact) mass is 475 g/mol. The third kappa shape index (κ3) is 4.13. The first-order valence-electron chi connectivity index (χ1n) is 11.8. The maximum Gasteiger partial charge on any atom is 0.276 e. The lowest BCUT2D eigenvalue weighted by Gasteiger charge is -2.37. The van der Waals surface area contributed by atoms with Crippen molar-refractivity contribution in [2.45, 2.75) is 59.4 Å². The highest BCUT2D eigenvalue weighted by atomic mass is 16.5. The number of likely N-dealkylation sites (tertiary alicyclic amines) is 1. The lowest BCUT2D eigenvalue weighted by molar-refractivity contribution is 0.0658. The number of nitrogens with zero attached hydrogens (tertiary/aromatic N) is 7. The molecule has 0 aliphatic carbocycles. The summed E-state index contributed by atoms with van der Waals surface area (Å²) in [4.78, 5) is 23.9. The molecule has 35 heavy (non-hydrogen) atoms. The largest absolute Gasteiger partial charge is 0.361 e. The third-order valence-electron chi connectivity index (χ3n) is 7.29. The molecule has 1 amide bonds. The number of aromatic nitrogens is 6. The molecule has 5 rings (SSSR count). The SMILES string of the molecule is Cc1nn(Cc2c(C(=O)N3CCC(C)(c4noc(-c5ccncc5)n4)CC3)noc2C)c(C)c1C. The zero-order valence-electron chi connectivity index (χ0n) is 20.7. The minimum Gasteiger partial charge on any atom is -0.361 e. The second kappa shape index (κ2) is 8.75. The van der Waals surface area contributed by atoms with Gasteiger partial charge >= 0.3 is 0 Å². The van der Waals surface area contributed by atoms with E-state index in [2.05, 4.69) is 39.2 Å². The van der Waals surface area contributed by atoms with Crippen molar-refractivity contribution in [1.82, 2.24) is 35.0 Å². The van der Waals surface area contributed by atoms with Gasteiger partial charge < -0.3 is 13.9 Å². The number of rotatable bonds is 5. The Morgan fingerprint density at radius 3 is 2.43 bits per heavy atom. The van der Waals surface area contributed by atoms with Crippen LogP contribution in [0.25, 0.3) is 11.5 Å². The maximum absolute atomic E-state index is 13.4. The molecule has 0 aromatic carbocycles. The molecule has 0 spiro atoms. The van der Waals surface area contributed by atoms with Gasteiger partial charge in [0.05, 0.1) is 12.2 Å². The zero-order chi connectivity index (χ0) is 24.7. The van der Waals surface area contributed by atoms with E-state index in [1.54, 1.807) is 12.4 Å². The van der Waals surface area contributed by atoms with Crippen LogP contribution in [0.2, 0.25) is 0 Å². The molecular formula is C25H29N7O3. The van der Waals surface area contributed by atoms with Crippen LogP contribution in [0.3, 0.4) is 0 Å². The lowest BCUT2D eigenvalue weighted by Crippen LogP contribution is -2.44. The Bertz CT molecular complexity index is 1360. The number of carbonyl (C=O) groups is 1. The van der Waals surface area contributed by atoms with Crippen molar-refractivity contribution in [3.05, 3.63) is 64.3 Å². The summed E-state index contributed by atoms with van der Waals surface area (Å²) in [7, 11) is 0. The van der Waals surface area contributed by atoms with Crippen molar-refractivity contribution in [1.29, 1.82) is 0 Å². The number of aryl methyl sites for hydroxylation is 2. The van der Waals surface area contributed by atoms with Gasteiger partial charge in [0, 0.05) is 47.7 Å². The predicted molar refractivity (Wildman–Crippen MR) is 127 cm³/mol. The average molecular weight is 476 g/mol. The Hall–Kier alpha value is -3.82. The van der Waals surface area contributed by atoms with E-state index in [1.165, 1.54) is 0 Å². The molecule has 0 unspecified atom stereocenters. The molecule has 1 fully saturated rings. The molecule has 1 aliphatic rings. The van der Waals surface area contributed by atoms with E-state index in [0.29, 0.717) is 42.8 Å². The topological polar surface area (TPSA) is 116 Å². The zero-order valence-corrected chi connectivity index (χ0v) is 20.7. The first kappa shape index (κ1) is 22.9. The van der Waals surface area contributed by atoms with Crippen molar-refractivity contribution < 1.29 is 13.8 Å². The first-order chi connectivity index (χ1) is 16.8. The van der Waals surface area contributed by atoms with Gasteiger partial charge in [-0.05, 0) is 58.2 Å². The minimum absolute atomic E-state index is 0.122. The van der Waals surface area contributed by atoms with E-state index in [-0.39, 0.29) is 11.3 Å². The number of piperidine rings is 1. The van der Waals surface area contributed by atoms with Crippen LogP contribution >= 0.6 is 0 Å². The molecule has 182 valence electrons. The summed E-state index contributed by atoms with van der Waals surface area (Å²) in [5.74, 6) is 1.65. The smallest absolute Gasteiger partial charge is 0.276 e. The second-order valence-corrected chi connectivity index (χ2v) is 9.53. The molecule has 5 heterocycles. The van der Waals surface area contributed by atoms with Crippen LogP contribution < -0.4 is 0 Å². The van der Waals surface area contributed by atoms with Gasteiger partial charge in [-0.15, -0.1) is 0 Å². The molecule has 10 heteroatoms. The molecule has 0 atom stereocenters. The molecule has 10 nitrogen and oxygen atoms in total. The summed E-state index contributed by atoms with van der Waals surface area (Å²) in [6.07, 6.45) is 4.83. The molecule has 0 bridgehead atoms. The van der Waals surface area contributed by atoms with Gasteiger partial charge in [0.15, 0.2) is 11.5 Å². The normalized spacial score (nSPS) is 15.5. The van der Waals surface area contributed by atoms with Crippen molar-refractivity contribution in [3.8, 4) is 11.5 Å². The second-order valence-electron chi connectivity index (χ2n) is 9.53. The minimum atomic E-state index is -0.282. The Balaban J connectivity index is 1.30. The van der Waals surface area contributed by atoms with Gasteiger partial charge in [0.1, 0.15) is 5.76 Å². The summed E-state index contributed by atoms with van der Waals surface area (Å²) in [6.45, 7) is 11.6. The molecule has 4 aromatic heterocycles. The van der Waals surface area contributed by atoms with Crippen LogP contribution in [0.15, 0.2) is 33.6 Å². The van der Waals surface area contributed by atoms with Gasteiger partial charge in [0.2, 0.25) is 0 Å². The van der Waals surface area contributed by atoms with Crippen LogP contribution in [0.5, 0.6) is 0 Å². The van der Waals surface area contributed by atoms with E-state index >= 15 is 0 Å². The Labute approximate surface area is 203 Å². The quantitative estimate of drug-likeness (QED) is 0.428. The number of carbonyl (C=O) groups excluding carboxylic acids is 1. The summed E-state index contributed by atoms with van der Waals surface area (Å²) >= 11 is 0. The van der Waals surface area contributed by atoms with Gasteiger partial charge in [-0.3, -0.25) is 14.5 Å². The van der Waals surface area contributed by atoms with Crippen LogP contribution in [-0.2, 0) is 12.0 Å². The highest BCUT2D eigenvalue weighted by Gasteiger charge is 2.38. The van der Waals surface area contributed by atoms with E-state index in [0.717, 1.165) is 40.9 Å². The van der Waals surface area contributed by atoms with Gasteiger partial charge in [-0.2, -0.15) is 10.1 Å². The maximum atomic E-state index is 13.4. The van der Waals surface area contributed by atoms with Crippen LogP contribution in [0, 0.1) is 27.7 Å². The molecule has 0 radical (unpaired) electrons. The number of hydrogen-bond donors (Lipinski definition) is 0. The Morgan fingerprint density at radius 2 is 1.77 bits per heavy atom. The molecule has 1 aliphatic heterocycles. The van der Waals surface area contributed by atoms with Crippen molar-refractivity contribution in [2.24, 2.45) is 0 Å². The highest BCUT2D eigenvalue weighted by Crippen LogP contribution is 2.35. The van der Waals surface area contributed by atoms with Crippen molar-refractivity contribution >= 4 is 5.91 Å². The van der Waals surface area contributed by atoms with E-state index in [4.69, 9.17) is 9.05 Å². The highest BCUT2D eigenvalue weighted by molar-refractivity contribution is 5.94. The number of hydrogen-bond acceptors (Lipinski definition) is 8. The summed E-state index contributed by atoms with van der Waals surface area (Å²) in [5.41, 5.74) is 4.88. The van der Waals surface area contributed by atoms with Crippen molar-refractivity contribution in [2.75, 3.05) is 13.1 Å². The fraction of sp³-hybridized carbons (Fsp3) is 0.440. The molecule has 4 aromatic rings. The third-order valence-corrected chi connectivity index (χ3v) is 7.29. The van der Waals surface area contributed by atoms with E-state index < -0.39 is 0 Å². The fourth-order valence-electron chi connectivity index (χ4n) is 4.49. The molecular weight excluding hydrogens is 446 g/mol. The lowest BCUT2D eigenvalue weighted by atomic mass is 9.79. The molecule has 0 N–H and O–H groups in total. The summed E-state index contributed by atoms with van der Waals surface area (Å²) in [6, 6.07) is 3.68. The number of pyridine rings is 1. The number of amides is 1. The van der Waals surface area contributed by atoms with Crippen molar-refractivity contribution in [3.63, 3.8) is 0 Å². The standard InChI is InChI=1S/C25H29N7O3/c1-15-16(2)28-32(17(15)3)14-20-18(4)34-29-21(20)23(33)31-12-8-25(5,9-13-31)24-27-22(35-30-24)19-6-10-26-11-7-19/h6-7,10-11H,8-9,12-14H2,1-5H3. The fourth-order valence-corrected chi connectivity index (χ4v) is 4.49. The van der Waals surface area contributed by atoms with Gasteiger partial charge in [0.25, 0.3) is 11.8 Å². The Morgan fingerprint density at radius 1 is 1.06 bits per heavy atom. The van der Waals surface area contributed by atoms with Crippen LogP contribution in [0.4, 0.5) is 0 Å². The summed E-state index contributed by atoms with van der Waals surface area (Å²) in [5, 5.41) is 13.0. The van der Waals surface area contributed by atoms with Crippen LogP contribution in [-0.4, -0.2) is 54.0 Å². The van der Waals surface area contributed by atoms with Crippen LogP contribution in [0.1, 0.15) is 64.4 Å². The van der Waals surface area contributed by atoms with Gasteiger partial charge in [-0.1, -0.05) is 17.2 Å². The van der Waals surface area contributed by atoms with E-state index in [1.807, 2.05) is 42.5 Å². The van der Waals surface area contributed by atoms with E-state index in [9.17, 15) is 4.79 Å². The van der Waals surface area contributed by atoms with Gasteiger partial charge in [-0.25, -0.2) is 0 Å². The average Bonchev–Trinajstić information content (AvgIpc) is 3.56. The predicted octanol–water partition coefficient (Wildman–Crippen LogP) is 3.79. The Kier molecular flexibility index (Phi) is 5.74. The molecule has 0 saturated carbocycles. The molecule has 1 saturated heterocycles. The first-order valence-corrected chi connectivity index (χ1v) is 11.8.